The lowest BCUT2D eigenvalue weighted by molar-refractivity contribution is -0.385. The van der Waals surface area contributed by atoms with Crippen LogP contribution in [-0.4, -0.2) is 41.1 Å². The summed E-state index contributed by atoms with van der Waals surface area (Å²) in [4.78, 5) is 12.5. The molecular weight excluding hydrogens is 348 g/mol. The molecule has 0 bridgehead atoms. The van der Waals surface area contributed by atoms with Gasteiger partial charge in [-0.25, -0.2) is 4.39 Å². The van der Waals surface area contributed by atoms with Crippen molar-refractivity contribution >= 4 is 30.5 Å². The van der Waals surface area contributed by atoms with Crippen LogP contribution in [0.3, 0.4) is 0 Å². The van der Waals surface area contributed by atoms with E-state index in [1.165, 1.54) is 6.07 Å². The minimum absolute atomic E-state index is 0. The first-order valence-corrected chi connectivity index (χ1v) is 7.19. The van der Waals surface area contributed by atoms with Gasteiger partial charge in [-0.3, -0.25) is 15.0 Å². The molecule has 1 aliphatic carbocycles. The van der Waals surface area contributed by atoms with E-state index in [0.717, 1.165) is 45.1 Å². The van der Waals surface area contributed by atoms with Gasteiger partial charge < -0.3 is 10.4 Å². The molecule has 0 aromatic heterocycles. The zero-order valence-electron chi connectivity index (χ0n) is 12.4. The fraction of sp³-hybridized carbons (Fsp3) is 0.571. The highest BCUT2D eigenvalue weighted by molar-refractivity contribution is 5.85. The number of benzene rings is 1. The fourth-order valence-corrected chi connectivity index (χ4v) is 3.06. The van der Waals surface area contributed by atoms with E-state index in [1.807, 2.05) is 0 Å². The fourth-order valence-electron chi connectivity index (χ4n) is 3.06. The van der Waals surface area contributed by atoms with E-state index < -0.39 is 16.5 Å². The van der Waals surface area contributed by atoms with Crippen LogP contribution < -0.4 is 5.32 Å². The van der Waals surface area contributed by atoms with E-state index in [0.29, 0.717) is 11.5 Å². The summed E-state index contributed by atoms with van der Waals surface area (Å²) in [5.41, 5.74) is 0.0483. The van der Waals surface area contributed by atoms with Gasteiger partial charge in [-0.05, 0) is 18.8 Å². The van der Waals surface area contributed by atoms with Gasteiger partial charge in [-0.1, -0.05) is 0 Å². The Hall–Kier alpha value is -1.15. The molecule has 0 spiro atoms. The van der Waals surface area contributed by atoms with Gasteiger partial charge >= 0.3 is 0 Å². The molecule has 1 atom stereocenters. The van der Waals surface area contributed by atoms with Gasteiger partial charge in [-0.2, -0.15) is 0 Å². The number of piperazine rings is 1. The molecule has 2 aliphatic rings. The Kier molecular flexibility index (Phi) is 7.01. The molecular formula is C14H20Cl2FN3O3. The maximum absolute atomic E-state index is 13.8. The number of nitrogens with zero attached hydrogens (tertiary/aromatic N) is 2. The number of rotatable bonds is 4. The van der Waals surface area contributed by atoms with Crippen molar-refractivity contribution in [3.05, 3.63) is 33.6 Å². The van der Waals surface area contributed by atoms with Gasteiger partial charge in [0.05, 0.1) is 11.0 Å². The van der Waals surface area contributed by atoms with E-state index >= 15 is 0 Å². The first kappa shape index (κ1) is 19.9. The summed E-state index contributed by atoms with van der Waals surface area (Å²) >= 11 is 0. The molecule has 1 aromatic rings. The molecule has 1 saturated heterocycles. The number of halogens is 3. The summed E-state index contributed by atoms with van der Waals surface area (Å²) in [6.45, 7) is 3.26. The number of nitrogens with one attached hydrogen (secondary N) is 1. The number of non-ortho nitro benzene ring substituents is 1. The number of phenolic OH excluding ortho intramolecular Hbond substituents is 1. The highest BCUT2D eigenvalue weighted by Gasteiger charge is 2.39. The second-order valence-corrected chi connectivity index (χ2v) is 5.69. The monoisotopic (exact) mass is 367 g/mol. The Morgan fingerprint density at radius 1 is 1.30 bits per heavy atom. The summed E-state index contributed by atoms with van der Waals surface area (Å²) in [7, 11) is 0. The molecule has 1 heterocycles. The van der Waals surface area contributed by atoms with E-state index in [2.05, 4.69) is 10.2 Å². The third-order valence-electron chi connectivity index (χ3n) is 4.22. The van der Waals surface area contributed by atoms with Crippen molar-refractivity contribution in [3.63, 3.8) is 0 Å². The third-order valence-corrected chi connectivity index (χ3v) is 4.22. The topological polar surface area (TPSA) is 78.6 Å². The predicted octanol–water partition coefficient (Wildman–Crippen LogP) is 2.64. The predicted molar refractivity (Wildman–Crippen MR) is 89.1 cm³/mol. The molecule has 0 unspecified atom stereocenters. The number of aromatic hydroxyl groups is 1. The number of hydrogen-bond donors (Lipinski definition) is 2. The van der Waals surface area contributed by atoms with Crippen molar-refractivity contribution in [1.29, 1.82) is 0 Å². The molecule has 3 rings (SSSR count). The van der Waals surface area contributed by atoms with Crippen molar-refractivity contribution in [2.24, 2.45) is 5.92 Å². The summed E-state index contributed by atoms with van der Waals surface area (Å²) in [6, 6.07) is 1.96. The van der Waals surface area contributed by atoms with E-state index in [-0.39, 0.29) is 36.5 Å². The third kappa shape index (κ3) is 4.23. The van der Waals surface area contributed by atoms with Gasteiger partial charge in [0.25, 0.3) is 5.69 Å². The van der Waals surface area contributed by atoms with Crippen LogP contribution in [0.5, 0.6) is 5.75 Å². The Morgan fingerprint density at radius 3 is 2.43 bits per heavy atom. The molecule has 130 valence electrons. The van der Waals surface area contributed by atoms with Crippen molar-refractivity contribution in [2.45, 2.75) is 18.9 Å². The van der Waals surface area contributed by atoms with Gasteiger partial charge in [0.2, 0.25) is 0 Å². The first-order valence-electron chi connectivity index (χ1n) is 7.19. The van der Waals surface area contributed by atoms with E-state index in [1.54, 1.807) is 0 Å². The van der Waals surface area contributed by atoms with Crippen LogP contribution in [0.2, 0.25) is 0 Å². The van der Waals surface area contributed by atoms with Crippen LogP contribution in [0.25, 0.3) is 0 Å². The highest BCUT2D eigenvalue weighted by Crippen LogP contribution is 2.48. The molecule has 2 N–H and O–H groups in total. The molecule has 0 radical (unpaired) electrons. The van der Waals surface area contributed by atoms with Crippen LogP contribution in [0.1, 0.15) is 24.4 Å². The van der Waals surface area contributed by atoms with Crippen molar-refractivity contribution in [2.75, 3.05) is 26.2 Å². The summed E-state index contributed by atoms with van der Waals surface area (Å²) in [6.07, 6.45) is 2.02. The average molecular weight is 368 g/mol. The lowest BCUT2D eigenvalue weighted by atomic mass is 9.98. The maximum atomic E-state index is 13.8. The Bertz CT molecular complexity index is 566. The van der Waals surface area contributed by atoms with Crippen molar-refractivity contribution < 1.29 is 14.4 Å². The lowest BCUT2D eigenvalue weighted by Crippen LogP contribution is -2.45. The molecule has 2 fully saturated rings. The molecule has 1 saturated carbocycles. The minimum atomic E-state index is -0.917. The van der Waals surface area contributed by atoms with Crippen LogP contribution in [0.4, 0.5) is 10.1 Å². The molecule has 9 heteroatoms. The van der Waals surface area contributed by atoms with E-state index in [4.69, 9.17) is 0 Å². The SMILES string of the molecule is Cl.Cl.O=[N+]([O-])c1cc(F)c(O)c([C@H](C2CC2)N2CCNCC2)c1. The van der Waals surface area contributed by atoms with Gasteiger partial charge in [0, 0.05) is 43.9 Å². The normalized spacial score (nSPS) is 19.3. The lowest BCUT2D eigenvalue weighted by Gasteiger charge is -2.35. The minimum Gasteiger partial charge on any atom is -0.505 e. The molecule has 23 heavy (non-hydrogen) atoms. The largest absolute Gasteiger partial charge is 0.505 e. The standard InChI is InChI=1S/C14H18FN3O3.2ClH/c15-12-8-10(18(20)21)7-11(14(12)19)13(9-1-2-9)17-5-3-16-4-6-17;;/h7-9,13,16,19H,1-6H2;2*1H/t13-;;/m0../s1. The number of nitro groups is 1. The Labute approximate surface area is 146 Å². The maximum Gasteiger partial charge on any atom is 0.272 e. The quantitative estimate of drug-likeness (QED) is 0.631. The summed E-state index contributed by atoms with van der Waals surface area (Å²) in [5, 5.41) is 24.2. The highest BCUT2D eigenvalue weighted by atomic mass is 35.5. The van der Waals surface area contributed by atoms with E-state index in [9.17, 15) is 19.6 Å². The molecule has 0 amide bonds. The van der Waals surface area contributed by atoms with Crippen LogP contribution in [0.15, 0.2) is 12.1 Å². The molecule has 1 aliphatic heterocycles. The second kappa shape index (κ2) is 8.10. The Morgan fingerprint density at radius 2 is 1.91 bits per heavy atom. The summed E-state index contributed by atoms with van der Waals surface area (Å²) in [5.74, 6) is -1.02. The second-order valence-electron chi connectivity index (χ2n) is 5.69. The summed E-state index contributed by atoms with van der Waals surface area (Å²) < 4.78 is 13.8. The molecule has 1 aromatic carbocycles. The number of phenols is 1. The van der Waals surface area contributed by atoms with Crippen LogP contribution >= 0.6 is 24.8 Å². The number of hydrogen-bond acceptors (Lipinski definition) is 5. The molecule has 6 nitrogen and oxygen atoms in total. The smallest absolute Gasteiger partial charge is 0.272 e. The zero-order valence-corrected chi connectivity index (χ0v) is 14.0. The average Bonchev–Trinajstić information content (AvgIpc) is 3.29. The van der Waals surface area contributed by atoms with Gasteiger partial charge in [-0.15, -0.1) is 24.8 Å². The van der Waals surface area contributed by atoms with Crippen molar-refractivity contribution in [1.82, 2.24) is 10.2 Å². The number of nitro benzene ring substituents is 1. The first-order chi connectivity index (χ1) is 10.1. The van der Waals surface area contributed by atoms with Crippen LogP contribution in [-0.2, 0) is 0 Å². The van der Waals surface area contributed by atoms with Gasteiger partial charge in [0.1, 0.15) is 0 Å². The van der Waals surface area contributed by atoms with Gasteiger partial charge in [0.15, 0.2) is 11.6 Å². The van der Waals surface area contributed by atoms with Crippen molar-refractivity contribution in [3.8, 4) is 5.75 Å². The van der Waals surface area contributed by atoms with Crippen LogP contribution in [0, 0.1) is 21.8 Å². The Balaban J connectivity index is 0.00000132. The zero-order chi connectivity index (χ0) is 15.0.